The molecule has 9 nitrogen and oxygen atoms in total. The molecule has 3 aliphatic carbocycles. The number of fused-ring (bicyclic) bond motifs is 2. The van der Waals surface area contributed by atoms with E-state index in [4.69, 9.17) is 16.6 Å². The Morgan fingerprint density at radius 2 is 2.03 bits per heavy atom. The summed E-state index contributed by atoms with van der Waals surface area (Å²) in [6.45, 7) is 0. The lowest BCUT2D eigenvalue weighted by atomic mass is 9.80. The molecule has 3 aliphatic rings. The lowest BCUT2D eigenvalue weighted by Gasteiger charge is -2.36. The van der Waals surface area contributed by atoms with Crippen LogP contribution in [0.25, 0.3) is 11.2 Å². The van der Waals surface area contributed by atoms with Crippen molar-refractivity contribution in [2.75, 3.05) is 12.4 Å². The summed E-state index contributed by atoms with van der Waals surface area (Å²) in [5.41, 5.74) is 1.16. The number of thiophene rings is 1. The maximum Gasteiger partial charge on any atom is 0.225 e. The molecule has 6 atom stereocenters. The summed E-state index contributed by atoms with van der Waals surface area (Å²) in [6.07, 6.45) is 3.42. The molecular formula is C24H25ClN6O3S. The Bertz CT molecular complexity index is 1360. The van der Waals surface area contributed by atoms with E-state index >= 15 is 0 Å². The zero-order valence-corrected chi connectivity index (χ0v) is 20.6. The molecular weight excluding hydrogens is 488 g/mol. The number of hydrogen-bond donors (Lipinski definition) is 4. The number of aromatic nitrogens is 4. The zero-order valence-electron chi connectivity index (χ0n) is 19.0. The lowest BCUT2D eigenvalue weighted by molar-refractivity contribution is -0.139. The average Bonchev–Trinajstić information content (AvgIpc) is 3.28. The van der Waals surface area contributed by atoms with Crippen molar-refractivity contribution < 1.29 is 15.0 Å². The summed E-state index contributed by atoms with van der Waals surface area (Å²) in [5.74, 6) is 6.28. The van der Waals surface area contributed by atoms with Gasteiger partial charge in [-0.25, -0.2) is 15.0 Å². The van der Waals surface area contributed by atoms with Crippen molar-refractivity contribution in [2.45, 2.75) is 50.0 Å². The first-order valence-corrected chi connectivity index (χ1v) is 13.0. The zero-order chi connectivity index (χ0) is 24.3. The van der Waals surface area contributed by atoms with Gasteiger partial charge in [-0.2, -0.15) is 0 Å². The summed E-state index contributed by atoms with van der Waals surface area (Å²) >= 11 is 7.41. The minimum Gasteiger partial charge on any atom is -0.390 e. The molecule has 1 amide bonds. The number of imidazole rings is 1. The third-order valence-corrected chi connectivity index (χ3v) is 8.61. The van der Waals surface area contributed by atoms with Crippen molar-refractivity contribution in [1.82, 2.24) is 24.8 Å². The lowest BCUT2D eigenvalue weighted by Crippen LogP contribution is -2.50. The van der Waals surface area contributed by atoms with Gasteiger partial charge in [0.15, 0.2) is 17.0 Å². The topological polar surface area (TPSA) is 125 Å². The highest BCUT2D eigenvalue weighted by Crippen LogP contribution is 2.58. The number of carbonyl (C=O) groups is 1. The largest absolute Gasteiger partial charge is 0.390 e. The van der Waals surface area contributed by atoms with Crippen molar-refractivity contribution in [1.29, 1.82) is 0 Å². The summed E-state index contributed by atoms with van der Waals surface area (Å²) in [6, 6.07) is 3.54. The highest BCUT2D eigenvalue weighted by Gasteiger charge is 2.61. The quantitative estimate of drug-likeness (QED) is 0.395. The number of hydrogen-bond acceptors (Lipinski definition) is 8. The van der Waals surface area contributed by atoms with E-state index in [-0.39, 0.29) is 17.7 Å². The van der Waals surface area contributed by atoms with E-state index in [0.717, 1.165) is 24.1 Å². The van der Waals surface area contributed by atoms with Gasteiger partial charge < -0.3 is 25.4 Å². The van der Waals surface area contributed by atoms with Crippen LogP contribution in [0.4, 0.5) is 5.82 Å². The van der Waals surface area contributed by atoms with Crippen LogP contribution in [0.15, 0.2) is 18.5 Å². The van der Waals surface area contributed by atoms with Crippen LogP contribution in [-0.2, 0) is 4.79 Å². The number of aliphatic hydroxyl groups is 2. The fourth-order valence-electron chi connectivity index (χ4n) is 5.39. The summed E-state index contributed by atoms with van der Waals surface area (Å²) in [7, 11) is 1.55. The third kappa shape index (κ3) is 3.96. The van der Waals surface area contributed by atoms with E-state index < -0.39 is 24.2 Å². The molecule has 0 radical (unpaired) electrons. The first-order valence-electron chi connectivity index (χ1n) is 11.8. The van der Waals surface area contributed by atoms with Crippen LogP contribution in [0.3, 0.4) is 0 Å². The third-order valence-electron chi connectivity index (χ3n) is 7.47. The van der Waals surface area contributed by atoms with E-state index in [2.05, 4.69) is 32.4 Å². The number of nitrogens with zero attached hydrogens (tertiary/aromatic N) is 4. The average molecular weight is 513 g/mol. The van der Waals surface area contributed by atoms with Crippen molar-refractivity contribution in [3.63, 3.8) is 0 Å². The van der Waals surface area contributed by atoms with Gasteiger partial charge in [-0.15, -0.1) is 11.3 Å². The second-order valence-corrected chi connectivity index (χ2v) is 11.2. The van der Waals surface area contributed by atoms with Gasteiger partial charge in [-0.1, -0.05) is 11.6 Å². The number of nitrogens with one attached hydrogen (secondary N) is 2. The van der Waals surface area contributed by atoms with Gasteiger partial charge >= 0.3 is 0 Å². The molecule has 182 valence electrons. The molecule has 6 rings (SSSR count). The molecule has 11 heteroatoms. The molecule has 3 fully saturated rings. The molecule has 3 aromatic rings. The van der Waals surface area contributed by atoms with Gasteiger partial charge in [0.2, 0.25) is 11.7 Å². The normalized spacial score (nSPS) is 29.6. The highest BCUT2D eigenvalue weighted by molar-refractivity contribution is 7.16. The molecule has 3 unspecified atom stereocenters. The van der Waals surface area contributed by atoms with Crippen molar-refractivity contribution in [3.05, 3.63) is 33.5 Å². The number of amides is 1. The molecule has 0 bridgehead atoms. The van der Waals surface area contributed by atoms with Gasteiger partial charge in [0.05, 0.1) is 33.6 Å². The van der Waals surface area contributed by atoms with Crippen molar-refractivity contribution in [2.24, 2.45) is 17.8 Å². The van der Waals surface area contributed by atoms with Gasteiger partial charge in [0.1, 0.15) is 6.10 Å². The highest BCUT2D eigenvalue weighted by atomic mass is 35.5. The Morgan fingerprint density at radius 3 is 2.71 bits per heavy atom. The van der Waals surface area contributed by atoms with Crippen LogP contribution >= 0.6 is 22.9 Å². The van der Waals surface area contributed by atoms with Gasteiger partial charge in [-0.05, 0) is 61.5 Å². The summed E-state index contributed by atoms with van der Waals surface area (Å²) in [5, 5.41) is 28.0. The predicted molar refractivity (Wildman–Crippen MR) is 132 cm³/mol. The predicted octanol–water partition coefficient (Wildman–Crippen LogP) is 2.18. The number of halogens is 1. The Morgan fingerprint density at radius 1 is 1.20 bits per heavy atom. The van der Waals surface area contributed by atoms with Gasteiger partial charge in [-0.3, -0.25) is 4.79 Å². The van der Waals surface area contributed by atoms with E-state index in [0.29, 0.717) is 33.2 Å². The van der Waals surface area contributed by atoms with E-state index in [1.54, 1.807) is 19.4 Å². The van der Waals surface area contributed by atoms with Crippen LogP contribution in [0.1, 0.15) is 42.4 Å². The fourth-order valence-corrected chi connectivity index (χ4v) is 6.28. The molecule has 0 aliphatic heterocycles. The Labute approximate surface area is 210 Å². The number of carbonyl (C=O) groups excluding carboxylic acids is 1. The molecule has 3 saturated carbocycles. The van der Waals surface area contributed by atoms with Gasteiger partial charge in [0, 0.05) is 13.1 Å². The minimum absolute atomic E-state index is 0.00745. The Kier molecular flexibility index (Phi) is 5.68. The second kappa shape index (κ2) is 8.75. The van der Waals surface area contributed by atoms with Crippen molar-refractivity contribution >= 4 is 45.8 Å². The fraction of sp³-hybridized carbons (Fsp3) is 0.500. The Hall–Kier alpha value is -2.71. The number of anilines is 1. The van der Waals surface area contributed by atoms with Crippen LogP contribution in [-0.4, -0.2) is 60.9 Å². The summed E-state index contributed by atoms with van der Waals surface area (Å²) in [4.78, 5) is 27.1. The molecule has 3 heterocycles. The SMILES string of the molecule is CNC(=O)[C@@H]1C(O)C(O)[C@H](n2cnc3c(NC4CCC4)nc(C#Cc4ccc(Cl)s4)nc32)[C@@H]2CC12. The molecule has 0 aromatic carbocycles. The van der Waals surface area contributed by atoms with Crippen LogP contribution < -0.4 is 10.6 Å². The molecule has 4 N–H and O–H groups in total. The molecule has 35 heavy (non-hydrogen) atoms. The van der Waals surface area contributed by atoms with Crippen molar-refractivity contribution in [3.8, 4) is 11.8 Å². The maximum absolute atomic E-state index is 12.3. The maximum atomic E-state index is 12.3. The van der Waals surface area contributed by atoms with Crippen LogP contribution in [0.2, 0.25) is 4.34 Å². The smallest absolute Gasteiger partial charge is 0.225 e. The van der Waals surface area contributed by atoms with E-state index in [9.17, 15) is 15.0 Å². The van der Waals surface area contributed by atoms with E-state index in [1.165, 1.54) is 17.8 Å². The first-order chi connectivity index (χ1) is 16.9. The van der Waals surface area contributed by atoms with Crippen LogP contribution in [0, 0.1) is 29.6 Å². The molecule has 0 saturated heterocycles. The van der Waals surface area contributed by atoms with E-state index in [1.807, 2.05) is 10.6 Å². The first kappa shape index (κ1) is 22.7. The summed E-state index contributed by atoms with van der Waals surface area (Å²) < 4.78 is 2.49. The minimum atomic E-state index is -1.17. The number of rotatable bonds is 4. The molecule has 0 spiro atoms. The molecule has 3 aromatic heterocycles. The monoisotopic (exact) mass is 512 g/mol. The Balaban J connectivity index is 1.40. The van der Waals surface area contributed by atoms with Gasteiger partial charge in [0.25, 0.3) is 0 Å². The standard InChI is InChI=1S/C24H25ClN6O3S/c1-26-24(34)17-13-9-14(13)19(21(33)20(17)32)31-10-27-18-22(28-11-3-2-4-11)29-16(30-23(18)31)8-6-12-5-7-15(25)35-12/h5,7,10-11,13-14,17,19-21,32-33H,2-4,9H2,1H3,(H,26,34)(H,28,29,30)/t13?,14-,17+,19-,20?,21?/m1/s1. The van der Waals surface area contributed by atoms with Crippen LogP contribution in [0.5, 0.6) is 0 Å². The number of aliphatic hydroxyl groups excluding tert-OH is 2. The second-order valence-electron chi connectivity index (χ2n) is 9.52.